The fraction of sp³-hybridized carbons (Fsp3) is 0.600. The second kappa shape index (κ2) is 5.38. The Labute approximate surface area is 118 Å². The molecule has 0 amide bonds. The van der Waals surface area contributed by atoms with E-state index in [9.17, 15) is 9.18 Å². The Morgan fingerprint density at radius 1 is 1.45 bits per heavy atom. The lowest BCUT2D eigenvalue weighted by atomic mass is 9.75. The van der Waals surface area contributed by atoms with Gasteiger partial charge in [-0.3, -0.25) is 0 Å². The highest BCUT2D eigenvalue weighted by Gasteiger charge is 2.30. The van der Waals surface area contributed by atoms with Crippen molar-refractivity contribution < 1.29 is 14.3 Å². The van der Waals surface area contributed by atoms with Gasteiger partial charge in [0.05, 0.1) is 0 Å². The van der Waals surface area contributed by atoms with Crippen LogP contribution < -0.4 is 4.90 Å². The number of hydrogen-bond acceptors (Lipinski definition) is 3. The molecule has 0 spiro atoms. The molecule has 20 heavy (non-hydrogen) atoms. The molecule has 4 nitrogen and oxygen atoms in total. The van der Waals surface area contributed by atoms with Crippen LogP contribution in [0, 0.1) is 11.2 Å². The van der Waals surface area contributed by atoms with Crippen molar-refractivity contribution in [3.05, 3.63) is 23.6 Å². The summed E-state index contributed by atoms with van der Waals surface area (Å²) in [5, 5.41) is 8.96. The van der Waals surface area contributed by atoms with Crippen molar-refractivity contribution in [1.29, 1.82) is 0 Å². The van der Waals surface area contributed by atoms with Crippen molar-refractivity contribution in [3.63, 3.8) is 0 Å². The van der Waals surface area contributed by atoms with Crippen molar-refractivity contribution in [2.24, 2.45) is 5.41 Å². The number of rotatable bonds is 3. The molecule has 0 saturated heterocycles. The van der Waals surface area contributed by atoms with Gasteiger partial charge in [0.2, 0.25) is 0 Å². The van der Waals surface area contributed by atoms with E-state index in [0.717, 1.165) is 25.7 Å². The summed E-state index contributed by atoms with van der Waals surface area (Å²) in [6.07, 6.45) is 5.47. The minimum absolute atomic E-state index is 0.134. The van der Waals surface area contributed by atoms with Crippen LogP contribution in [0.3, 0.4) is 0 Å². The summed E-state index contributed by atoms with van der Waals surface area (Å²) in [5.41, 5.74) is 0.0182. The first-order valence-corrected chi connectivity index (χ1v) is 6.92. The van der Waals surface area contributed by atoms with Gasteiger partial charge in [-0.15, -0.1) is 0 Å². The zero-order valence-corrected chi connectivity index (χ0v) is 12.2. The van der Waals surface area contributed by atoms with Crippen LogP contribution in [0.25, 0.3) is 0 Å². The summed E-state index contributed by atoms with van der Waals surface area (Å²) in [6.45, 7) is 4.49. The van der Waals surface area contributed by atoms with Gasteiger partial charge >= 0.3 is 5.97 Å². The maximum atomic E-state index is 14.2. The van der Waals surface area contributed by atoms with Crippen molar-refractivity contribution >= 4 is 11.8 Å². The first-order chi connectivity index (χ1) is 9.32. The van der Waals surface area contributed by atoms with Gasteiger partial charge in [0.25, 0.3) is 0 Å². The van der Waals surface area contributed by atoms with Crippen LogP contribution in [-0.2, 0) is 0 Å². The number of hydrogen-bond donors (Lipinski definition) is 1. The number of aromatic carboxylic acids is 1. The van der Waals surface area contributed by atoms with E-state index in [-0.39, 0.29) is 17.4 Å². The minimum atomic E-state index is -1.26. The predicted molar refractivity (Wildman–Crippen MR) is 75.6 cm³/mol. The number of anilines is 1. The molecule has 0 unspecified atom stereocenters. The number of aromatic nitrogens is 1. The molecular formula is C15H21FN2O2. The van der Waals surface area contributed by atoms with Crippen LogP contribution >= 0.6 is 0 Å². The van der Waals surface area contributed by atoms with Gasteiger partial charge in [-0.1, -0.05) is 13.8 Å². The van der Waals surface area contributed by atoms with Crippen LogP contribution in [0.15, 0.2) is 12.3 Å². The average molecular weight is 280 g/mol. The number of carboxylic acid groups (broad SMARTS) is 1. The van der Waals surface area contributed by atoms with Gasteiger partial charge in [0, 0.05) is 19.3 Å². The molecule has 1 aromatic rings. The van der Waals surface area contributed by atoms with Crippen LogP contribution in [0.4, 0.5) is 10.2 Å². The maximum absolute atomic E-state index is 14.2. The minimum Gasteiger partial charge on any atom is -0.478 e. The molecule has 1 heterocycles. The Bertz CT molecular complexity index is 507. The van der Waals surface area contributed by atoms with E-state index in [2.05, 4.69) is 18.8 Å². The molecule has 0 bridgehead atoms. The van der Waals surface area contributed by atoms with Gasteiger partial charge in [-0.2, -0.15) is 0 Å². The van der Waals surface area contributed by atoms with Gasteiger partial charge in [0.15, 0.2) is 11.6 Å². The monoisotopic (exact) mass is 280 g/mol. The first-order valence-electron chi connectivity index (χ1n) is 6.92. The Balaban J connectivity index is 2.20. The fourth-order valence-corrected chi connectivity index (χ4v) is 2.79. The number of halogens is 1. The van der Waals surface area contributed by atoms with Gasteiger partial charge in [-0.05, 0) is 37.2 Å². The SMILES string of the molecule is CN(c1nccc(C(=O)O)c1F)C1CCC(C)(C)CC1. The van der Waals surface area contributed by atoms with E-state index >= 15 is 0 Å². The molecule has 5 heteroatoms. The van der Waals surface area contributed by atoms with Crippen LogP contribution in [0.2, 0.25) is 0 Å². The van der Waals surface area contributed by atoms with E-state index in [1.165, 1.54) is 12.3 Å². The first kappa shape index (κ1) is 14.8. The van der Waals surface area contributed by atoms with Gasteiger partial charge < -0.3 is 10.0 Å². The fourth-order valence-electron chi connectivity index (χ4n) is 2.79. The largest absolute Gasteiger partial charge is 0.478 e. The van der Waals surface area contributed by atoms with Crippen LogP contribution in [0.5, 0.6) is 0 Å². The van der Waals surface area contributed by atoms with Gasteiger partial charge in [0.1, 0.15) is 5.56 Å². The van der Waals surface area contributed by atoms with Crippen molar-refractivity contribution in [2.75, 3.05) is 11.9 Å². The summed E-state index contributed by atoms with van der Waals surface area (Å²) in [5.74, 6) is -1.87. The smallest absolute Gasteiger partial charge is 0.338 e. The molecule has 0 radical (unpaired) electrons. The second-order valence-electron chi connectivity index (χ2n) is 6.31. The Kier molecular flexibility index (Phi) is 3.97. The van der Waals surface area contributed by atoms with Crippen molar-refractivity contribution in [2.45, 2.75) is 45.6 Å². The molecule has 1 aliphatic rings. The topological polar surface area (TPSA) is 53.4 Å². The lowest BCUT2D eigenvalue weighted by Gasteiger charge is -2.39. The average Bonchev–Trinajstić information content (AvgIpc) is 2.38. The Morgan fingerprint density at radius 2 is 2.05 bits per heavy atom. The zero-order chi connectivity index (χ0) is 14.9. The van der Waals surface area contributed by atoms with Gasteiger partial charge in [-0.25, -0.2) is 14.2 Å². The molecule has 1 saturated carbocycles. The zero-order valence-electron chi connectivity index (χ0n) is 12.2. The number of carbonyl (C=O) groups is 1. The van der Waals surface area contributed by atoms with E-state index < -0.39 is 11.8 Å². The molecule has 110 valence electrons. The molecule has 1 N–H and O–H groups in total. The lowest BCUT2D eigenvalue weighted by Crippen LogP contribution is -2.38. The summed E-state index contributed by atoms with van der Waals surface area (Å²) in [7, 11) is 1.79. The Hall–Kier alpha value is -1.65. The summed E-state index contributed by atoms with van der Waals surface area (Å²) in [4.78, 5) is 16.8. The number of nitrogens with zero attached hydrogens (tertiary/aromatic N) is 2. The molecule has 0 atom stereocenters. The van der Waals surface area contributed by atoms with Crippen molar-refractivity contribution in [1.82, 2.24) is 4.98 Å². The molecule has 1 fully saturated rings. The Morgan fingerprint density at radius 3 is 2.60 bits per heavy atom. The molecular weight excluding hydrogens is 259 g/mol. The third kappa shape index (κ3) is 2.92. The molecule has 2 rings (SSSR count). The second-order valence-corrected chi connectivity index (χ2v) is 6.31. The number of carboxylic acids is 1. The quantitative estimate of drug-likeness (QED) is 0.922. The molecule has 1 aliphatic carbocycles. The third-order valence-corrected chi connectivity index (χ3v) is 4.29. The van der Waals surface area contributed by atoms with E-state index in [1.54, 1.807) is 11.9 Å². The highest BCUT2D eigenvalue weighted by atomic mass is 19.1. The normalized spacial score (nSPS) is 18.8. The highest BCUT2D eigenvalue weighted by Crippen LogP contribution is 2.37. The maximum Gasteiger partial charge on any atom is 0.338 e. The summed E-state index contributed by atoms with van der Waals surface area (Å²) in [6, 6.07) is 1.41. The predicted octanol–water partition coefficient (Wildman–Crippen LogP) is 3.32. The lowest BCUT2D eigenvalue weighted by molar-refractivity contribution is 0.0691. The molecule has 1 aromatic heterocycles. The van der Waals surface area contributed by atoms with E-state index in [0.29, 0.717) is 5.41 Å². The number of pyridine rings is 1. The standard InChI is InChI=1S/C15H21FN2O2/c1-15(2)7-4-10(5-8-15)18(3)13-12(16)11(14(19)20)6-9-17-13/h6,9-10H,4-5,7-8H2,1-3H3,(H,19,20). The summed E-state index contributed by atoms with van der Waals surface area (Å²) >= 11 is 0. The summed E-state index contributed by atoms with van der Waals surface area (Å²) < 4.78 is 14.2. The van der Waals surface area contributed by atoms with E-state index in [4.69, 9.17) is 5.11 Å². The van der Waals surface area contributed by atoms with E-state index in [1.807, 2.05) is 0 Å². The van der Waals surface area contributed by atoms with Crippen LogP contribution in [-0.4, -0.2) is 29.1 Å². The third-order valence-electron chi connectivity index (χ3n) is 4.29. The van der Waals surface area contributed by atoms with Crippen LogP contribution in [0.1, 0.15) is 49.9 Å². The highest BCUT2D eigenvalue weighted by molar-refractivity contribution is 5.88. The molecule has 0 aromatic carbocycles. The van der Waals surface area contributed by atoms with Crippen molar-refractivity contribution in [3.8, 4) is 0 Å². The molecule has 0 aliphatic heterocycles.